The number of hydrogen-bond donors (Lipinski definition) is 0. The second-order valence-electron chi connectivity index (χ2n) is 17.8. The minimum absolute atomic E-state index is 0.0928. The lowest BCUT2D eigenvalue weighted by atomic mass is 9.72. The van der Waals surface area contributed by atoms with Gasteiger partial charge in [0.05, 0.1) is 16.8 Å². The Hall–Kier alpha value is -4.88. The zero-order valence-corrected chi connectivity index (χ0v) is 36.9. The molecule has 320 valence electrons. The van der Waals surface area contributed by atoms with Crippen molar-refractivity contribution in [1.29, 1.82) is 0 Å². The standard InChI is InChI=1S/2C14H17N3O.C13H17NO.C7H13NO/c2*1-16-9-8-12-14(10-16,13(18)17(2)15-12)11-6-4-3-5-7-11;1-13(11-6-4-3-5-7-11)10-14(2)9-8-12(13)15;1-6-5-8(2)4-3-7(6)9/h2*3-7H,8-10H2,1-2H3;3-7H,8-10H2,1-2H3;6H,3-5H2,1-2H3. The van der Waals surface area contributed by atoms with Crippen molar-refractivity contribution < 1.29 is 19.2 Å². The number of benzene rings is 3. The van der Waals surface area contributed by atoms with E-state index >= 15 is 0 Å². The number of hydrazone groups is 2. The van der Waals surface area contributed by atoms with E-state index in [2.05, 4.69) is 77.0 Å². The Labute approximate surface area is 356 Å². The Morgan fingerprint density at radius 2 is 0.883 bits per heavy atom. The van der Waals surface area contributed by atoms with Gasteiger partial charge in [0.25, 0.3) is 11.8 Å². The third-order valence-electron chi connectivity index (χ3n) is 13.1. The second-order valence-corrected chi connectivity index (χ2v) is 17.8. The molecule has 0 aliphatic carbocycles. The Bertz CT molecular complexity index is 1970. The van der Waals surface area contributed by atoms with Gasteiger partial charge in [-0.2, -0.15) is 10.2 Å². The van der Waals surface area contributed by atoms with E-state index in [1.165, 1.54) is 10.0 Å². The molecule has 6 aliphatic heterocycles. The average Bonchev–Trinajstić information content (AvgIpc) is 3.66. The third-order valence-corrected chi connectivity index (χ3v) is 13.1. The number of amides is 2. The van der Waals surface area contributed by atoms with Gasteiger partial charge in [-0.3, -0.25) is 19.2 Å². The summed E-state index contributed by atoms with van der Waals surface area (Å²) < 4.78 is 0. The summed E-state index contributed by atoms with van der Waals surface area (Å²) in [7, 11) is 11.8. The summed E-state index contributed by atoms with van der Waals surface area (Å²) in [5.74, 6) is 1.24. The van der Waals surface area contributed by atoms with Crippen LogP contribution in [0.1, 0.15) is 56.2 Å². The summed E-state index contributed by atoms with van der Waals surface area (Å²) in [6.07, 6.45) is 3.14. The van der Waals surface area contributed by atoms with Crippen molar-refractivity contribution in [3.8, 4) is 0 Å². The van der Waals surface area contributed by atoms with Crippen LogP contribution in [0.2, 0.25) is 0 Å². The Kier molecular flexibility index (Phi) is 14.0. The summed E-state index contributed by atoms with van der Waals surface area (Å²) in [6.45, 7) is 11.0. The highest BCUT2D eigenvalue weighted by atomic mass is 16.2. The first-order chi connectivity index (χ1) is 28.6. The van der Waals surface area contributed by atoms with Crippen molar-refractivity contribution in [2.24, 2.45) is 16.1 Å². The maximum Gasteiger partial charge on any atom is 0.260 e. The molecule has 12 heteroatoms. The van der Waals surface area contributed by atoms with Crippen LogP contribution in [-0.4, -0.2) is 159 Å². The highest BCUT2D eigenvalue weighted by Gasteiger charge is 2.54. The zero-order chi connectivity index (χ0) is 43.2. The van der Waals surface area contributed by atoms with Gasteiger partial charge in [0.15, 0.2) is 0 Å². The van der Waals surface area contributed by atoms with Crippen molar-refractivity contribution in [2.75, 3.05) is 94.6 Å². The van der Waals surface area contributed by atoms with Gasteiger partial charge in [-0.15, -0.1) is 0 Å². The molecule has 2 amide bonds. The molecule has 4 atom stereocenters. The van der Waals surface area contributed by atoms with E-state index in [1.54, 1.807) is 14.1 Å². The fourth-order valence-corrected chi connectivity index (χ4v) is 9.58. The van der Waals surface area contributed by atoms with E-state index in [9.17, 15) is 19.2 Å². The quantitative estimate of drug-likeness (QED) is 0.379. The molecule has 0 saturated carbocycles. The molecule has 4 fully saturated rings. The molecule has 4 saturated heterocycles. The maximum atomic E-state index is 12.6. The van der Waals surface area contributed by atoms with Gasteiger partial charge in [0.2, 0.25) is 0 Å². The highest BCUT2D eigenvalue weighted by molar-refractivity contribution is 6.18. The number of nitrogens with zero attached hydrogens (tertiary/aromatic N) is 8. The first-order valence-corrected chi connectivity index (χ1v) is 21.3. The lowest BCUT2D eigenvalue weighted by Gasteiger charge is -2.37. The summed E-state index contributed by atoms with van der Waals surface area (Å²) in [5.41, 5.74) is 3.87. The number of fused-ring (bicyclic) bond motifs is 2. The number of carbonyl (C=O) groups is 4. The fourth-order valence-electron chi connectivity index (χ4n) is 9.58. The van der Waals surface area contributed by atoms with E-state index in [0.717, 1.165) is 99.7 Å². The molecule has 0 aromatic heterocycles. The minimum atomic E-state index is -0.553. The summed E-state index contributed by atoms with van der Waals surface area (Å²) in [5, 5.41) is 11.9. The van der Waals surface area contributed by atoms with Gasteiger partial charge in [0.1, 0.15) is 22.4 Å². The van der Waals surface area contributed by atoms with E-state index in [-0.39, 0.29) is 23.1 Å². The van der Waals surface area contributed by atoms with E-state index in [0.29, 0.717) is 18.0 Å². The van der Waals surface area contributed by atoms with E-state index < -0.39 is 10.8 Å². The molecule has 0 spiro atoms. The molecule has 9 rings (SSSR count). The van der Waals surface area contributed by atoms with Gasteiger partial charge < -0.3 is 19.6 Å². The van der Waals surface area contributed by atoms with Gasteiger partial charge in [0, 0.05) is 98.1 Å². The number of hydrogen-bond acceptors (Lipinski definition) is 10. The average molecular weight is 817 g/mol. The van der Waals surface area contributed by atoms with Crippen molar-refractivity contribution in [2.45, 2.75) is 55.8 Å². The van der Waals surface area contributed by atoms with Gasteiger partial charge in [-0.1, -0.05) is 97.9 Å². The van der Waals surface area contributed by atoms with E-state index in [4.69, 9.17) is 0 Å². The zero-order valence-electron chi connectivity index (χ0n) is 36.9. The molecular formula is C48H64N8O4. The number of piperidine rings is 4. The van der Waals surface area contributed by atoms with Crippen LogP contribution in [0.3, 0.4) is 0 Å². The van der Waals surface area contributed by atoms with Crippen LogP contribution in [0.25, 0.3) is 0 Å². The molecule has 6 aliphatic rings. The number of likely N-dealkylation sites (tertiary alicyclic amines) is 4. The molecule has 12 nitrogen and oxygen atoms in total. The van der Waals surface area contributed by atoms with Crippen LogP contribution >= 0.6 is 0 Å². The lowest BCUT2D eigenvalue weighted by Crippen LogP contribution is -2.54. The number of carbonyl (C=O) groups excluding carboxylic acids is 4. The third kappa shape index (κ3) is 9.07. The van der Waals surface area contributed by atoms with Crippen LogP contribution < -0.4 is 0 Å². The van der Waals surface area contributed by atoms with Crippen molar-refractivity contribution >= 4 is 34.8 Å². The van der Waals surface area contributed by atoms with Crippen LogP contribution in [0.15, 0.2) is 101 Å². The van der Waals surface area contributed by atoms with E-state index in [1.807, 2.05) is 85.8 Å². The predicted octanol–water partition coefficient (Wildman–Crippen LogP) is 4.55. The summed E-state index contributed by atoms with van der Waals surface area (Å²) in [6, 6.07) is 30.1. The second kappa shape index (κ2) is 18.8. The Morgan fingerprint density at radius 3 is 1.30 bits per heavy atom. The largest absolute Gasteiger partial charge is 0.305 e. The van der Waals surface area contributed by atoms with Crippen LogP contribution in [-0.2, 0) is 35.4 Å². The van der Waals surface area contributed by atoms with Gasteiger partial charge in [-0.05, 0) is 51.8 Å². The first-order valence-electron chi connectivity index (χ1n) is 21.3. The van der Waals surface area contributed by atoms with Crippen LogP contribution in [0.4, 0.5) is 0 Å². The van der Waals surface area contributed by atoms with Crippen molar-refractivity contribution in [3.05, 3.63) is 108 Å². The van der Waals surface area contributed by atoms with Gasteiger partial charge >= 0.3 is 0 Å². The van der Waals surface area contributed by atoms with Crippen LogP contribution in [0, 0.1) is 5.92 Å². The Morgan fingerprint density at radius 1 is 0.500 bits per heavy atom. The highest BCUT2D eigenvalue weighted by Crippen LogP contribution is 2.39. The molecule has 6 heterocycles. The monoisotopic (exact) mass is 817 g/mol. The van der Waals surface area contributed by atoms with Crippen LogP contribution in [0.5, 0.6) is 0 Å². The maximum absolute atomic E-state index is 12.6. The van der Waals surface area contributed by atoms with Crippen molar-refractivity contribution in [1.82, 2.24) is 29.6 Å². The smallest absolute Gasteiger partial charge is 0.260 e. The van der Waals surface area contributed by atoms with Crippen molar-refractivity contribution in [3.63, 3.8) is 0 Å². The number of likely N-dealkylation sites (N-methyl/N-ethyl adjacent to an activating group) is 5. The lowest BCUT2D eigenvalue weighted by molar-refractivity contribution is -0.133. The molecular weight excluding hydrogens is 753 g/mol. The number of ketones is 2. The molecule has 0 bridgehead atoms. The first kappa shape index (κ1) is 44.7. The normalized spacial score (nSPS) is 28.6. The topological polar surface area (TPSA) is 112 Å². The van der Waals surface area contributed by atoms with Gasteiger partial charge in [-0.25, -0.2) is 10.0 Å². The summed E-state index contributed by atoms with van der Waals surface area (Å²) >= 11 is 0. The molecule has 4 unspecified atom stereocenters. The molecule has 60 heavy (non-hydrogen) atoms. The molecule has 3 aromatic carbocycles. The number of rotatable bonds is 3. The summed E-state index contributed by atoms with van der Waals surface area (Å²) in [4.78, 5) is 57.0. The molecule has 3 aromatic rings. The molecule has 0 N–H and O–H groups in total. The SMILES string of the molecule is CC1CN(C)CCC1=O.CN1CCC(=O)C(C)(c2ccccc2)C1.CN1CCC2=NN(C)C(=O)C2(c2ccccc2)C1.CN1CCC2=NN(C)C(=O)C2(c2ccccc2)C1. The predicted molar refractivity (Wildman–Crippen MR) is 238 cm³/mol. The molecule has 0 radical (unpaired) electrons. The fraction of sp³-hybridized carbons (Fsp3) is 0.500. The minimum Gasteiger partial charge on any atom is -0.305 e. The Balaban J connectivity index is 0.000000138. The number of Topliss-reactive ketones (excluding diaryl/α,β-unsaturated/α-hetero) is 2.